The van der Waals surface area contributed by atoms with E-state index in [2.05, 4.69) is 21.4 Å². The summed E-state index contributed by atoms with van der Waals surface area (Å²) in [5.74, 6) is 0.655. The Morgan fingerprint density at radius 2 is 1.86 bits per heavy atom. The Hall–Kier alpha value is -2.93. The Bertz CT molecular complexity index is 862. The number of hydrogen-bond donors (Lipinski definition) is 1. The van der Waals surface area contributed by atoms with E-state index in [0.717, 1.165) is 28.0 Å². The van der Waals surface area contributed by atoms with Gasteiger partial charge in [0.25, 0.3) is 0 Å². The molecule has 3 rings (SSSR count). The highest BCUT2D eigenvalue weighted by Gasteiger charge is 2.05. The van der Waals surface area contributed by atoms with Crippen LogP contribution < -0.4 is 5.32 Å². The third-order valence-electron chi connectivity index (χ3n) is 3.20. The van der Waals surface area contributed by atoms with Gasteiger partial charge in [-0.2, -0.15) is 5.26 Å². The summed E-state index contributed by atoms with van der Waals surface area (Å²) in [7, 11) is 0. The fourth-order valence-corrected chi connectivity index (χ4v) is 2.28. The molecule has 4 nitrogen and oxygen atoms in total. The average molecular weight is 274 g/mol. The van der Waals surface area contributed by atoms with Crippen LogP contribution in [-0.2, 0) is 0 Å². The van der Waals surface area contributed by atoms with Gasteiger partial charge in [0.1, 0.15) is 5.82 Å². The second kappa shape index (κ2) is 5.22. The normalized spacial score (nSPS) is 10.3. The number of anilines is 2. The maximum Gasteiger partial charge on any atom is 0.131 e. The standard InChI is InChI=1S/C17H14N4/c1-11-6-7-14-4-3-5-15(17(14)20-11)21-16-9-13(10-18)8-12(2)19-16/h3-9H,1-2H3,(H,19,21). The summed E-state index contributed by atoms with van der Waals surface area (Å²) in [4.78, 5) is 9.00. The summed E-state index contributed by atoms with van der Waals surface area (Å²) in [6.07, 6.45) is 0. The van der Waals surface area contributed by atoms with Gasteiger partial charge in [-0.15, -0.1) is 0 Å². The smallest absolute Gasteiger partial charge is 0.131 e. The molecule has 0 aliphatic heterocycles. The number of benzene rings is 1. The molecule has 102 valence electrons. The first kappa shape index (κ1) is 13.1. The van der Waals surface area contributed by atoms with E-state index < -0.39 is 0 Å². The van der Waals surface area contributed by atoms with Crippen LogP contribution in [0.1, 0.15) is 17.0 Å². The molecular formula is C17H14N4. The lowest BCUT2D eigenvalue weighted by atomic mass is 10.1. The number of hydrogen-bond acceptors (Lipinski definition) is 4. The highest BCUT2D eigenvalue weighted by atomic mass is 15.0. The van der Waals surface area contributed by atoms with Crippen LogP contribution in [0.15, 0.2) is 42.5 Å². The third kappa shape index (κ3) is 2.67. The summed E-state index contributed by atoms with van der Waals surface area (Å²) in [6, 6.07) is 15.6. The highest BCUT2D eigenvalue weighted by Crippen LogP contribution is 2.25. The Morgan fingerprint density at radius 3 is 2.67 bits per heavy atom. The molecule has 0 amide bonds. The number of nitrogens with zero attached hydrogens (tertiary/aromatic N) is 3. The summed E-state index contributed by atoms with van der Waals surface area (Å²) >= 11 is 0. The van der Waals surface area contributed by atoms with Crippen molar-refractivity contribution in [3.05, 3.63) is 59.4 Å². The van der Waals surface area contributed by atoms with Crippen molar-refractivity contribution in [1.29, 1.82) is 5.26 Å². The van der Waals surface area contributed by atoms with Crippen LogP contribution >= 0.6 is 0 Å². The molecule has 0 saturated heterocycles. The predicted molar refractivity (Wildman–Crippen MR) is 83.5 cm³/mol. The number of nitriles is 1. The summed E-state index contributed by atoms with van der Waals surface area (Å²) < 4.78 is 0. The Labute approximate surface area is 123 Å². The Morgan fingerprint density at radius 1 is 1.00 bits per heavy atom. The van der Waals surface area contributed by atoms with Crippen molar-refractivity contribution in [1.82, 2.24) is 9.97 Å². The summed E-state index contributed by atoms with van der Waals surface area (Å²) in [5.41, 5.74) is 4.15. The van der Waals surface area contributed by atoms with Gasteiger partial charge in [0, 0.05) is 16.8 Å². The fraction of sp³-hybridized carbons (Fsp3) is 0.118. The molecule has 3 aromatic rings. The van der Waals surface area contributed by atoms with Crippen molar-refractivity contribution in [2.24, 2.45) is 0 Å². The molecule has 2 heterocycles. The number of aryl methyl sites for hydroxylation is 2. The van der Waals surface area contributed by atoms with E-state index in [9.17, 15) is 0 Å². The first-order valence-corrected chi connectivity index (χ1v) is 6.68. The zero-order valence-corrected chi connectivity index (χ0v) is 11.9. The van der Waals surface area contributed by atoms with E-state index in [1.54, 1.807) is 12.1 Å². The van der Waals surface area contributed by atoms with Gasteiger partial charge < -0.3 is 5.32 Å². The molecule has 2 aromatic heterocycles. The van der Waals surface area contributed by atoms with Crippen molar-refractivity contribution >= 4 is 22.4 Å². The van der Waals surface area contributed by atoms with E-state index in [-0.39, 0.29) is 0 Å². The molecule has 21 heavy (non-hydrogen) atoms. The van der Waals surface area contributed by atoms with Gasteiger partial charge in [-0.1, -0.05) is 18.2 Å². The predicted octanol–water partition coefficient (Wildman–Crippen LogP) is 3.86. The fourth-order valence-electron chi connectivity index (χ4n) is 2.28. The average Bonchev–Trinajstić information content (AvgIpc) is 2.47. The minimum atomic E-state index is 0.592. The van der Waals surface area contributed by atoms with E-state index in [1.807, 2.05) is 44.2 Å². The quantitative estimate of drug-likeness (QED) is 0.770. The van der Waals surface area contributed by atoms with Gasteiger partial charge in [-0.05, 0) is 38.1 Å². The molecule has 4 heteroatoms. The number of para-hydroxylation sites is 1. The first-order valence-electron chi connectivity index (χ1n) is 6.68. The number of fused-ring (bicyclic) bond motifs is 1. The van der Waals surface area contributed by atoms with E-state index in [0.29, 0.717) is 11.4 Å². The molecule has 0 spiro atoms. The first-order chi connectivity index (χ1) is 10.2. The van der Waals surface area contributed by atoms with Crippen molar-refractivity contribution in [3.63, 3.8) is 0 Å². The second-order valence-electron chi connectivity index (χ2n) is 4.95. The zero-order chi connectivity index (χ0) is 14.8. The molecule has 0 aliphatic rings. The van der Waals surface area contributed by atoms with Crippen molar-refractivity contribution in [2.75, 3.05) is 5.32 Å². The van der Waals surface area contributed by atoms with Crippen molar-refractivity contribution in [3.8, 4) is 6.07 Å². The van der Waals surface area contributed by atoms with E-state index in [4.69, 9.17) is 5.26 Å². The van der Waals surface area contributed by atoms with Gasteiger partial charge in [0.2, 0.25) is 0 Å². The molecule has 0 fully saturated rings. The Balaban J connectivity index is 2.08. The lowest BCUT2D eigenvalue weighted by Gasteiger charge is -2.10. The van der Waals surface area contributed by atoms with Crippen LogP contribution in [0.25, 0.3) is 10.9 Å². The largest absolute Gasteiger partial charge is 0.338 e. The molecule has 0 atom stereocenters. The highest BCUT2D eigenvalue weighted by molar-refractivity contribution is 5.91. The summed E-state index contributed by atoms with van der Waals surface area (Å²) in [6.45, 7) is 3.84. The minimum absolute atomic E-state index is 0.592. The maximum absolute atomic E-state index is 9.04. The molecule has 0 unspecified atom stereocenters. The molecule has 1 N–H and O–H groups in total. The monoisotopic (exact) mass is 274 g/mol. The molecule has 0 saturated carbocycles. The SMILES string of the molecule is Cc1cc(C#N)cc(Nc2cccc3ccc(C)nc23)n1. The number of aromatic nitrogens is 2. The third-order valence-corrected chi connectivity index (χ3v) is 3.20. The lowest BCUT2D eigenvalue weighted by Crippen LogP contribution is -1.98. The van der Waals surface area contributed by atoms with Gasteiger partial charge in [0.05, 0.1) is 22.8 Å². The summed E-state index contributed by atoms with van der Waals surface area (Å²) in [5, 5.41) is 13.4. The van der Waals surface area contributed by atoms with Crippen LogP contribution in [0, 0.1) is 25.2 Å². The topological polar surface area (TPSA) is 61.6 Å². The molecule has 1 aromatic carbocycles. The van der Waals surface area contributed by atoms with Gasteiger partial charge in [0.15, 0.2) is 0 Å². The van der Waals surface area contributed by atoms with Crippen LogP contribution in [-0.4, -0.2) is 9.97 Å². The van der Waals surface area contributed by atoms with Crippen LogP contribution in [0.5, 0.6) is 0 Å². The van der Waals surface area contributed by atoms with Crippen molar-refractivity contribution in [2.45, 2.75) is 13.8 Å². The van der Waals surface area contributed by atoms with Crippen molar-refractivity contribution < 1.29 is 0 Å². The number of nitrogens with one attached hydrogen (secondary N) is 1. The van der Waals surface area contributed by atoms with E-state index in [1.165, 1.54) is 0 Å². The molecule has 0 radical (unpaired) electrons. The molecule has 0 aliphatic carbocycles. The van der Waals surface area contributed by atoms with Gasteiger partial charge >= 0.3 is 0 Å². The maximum atomic E-state index is 9.04. The second-order valence-corrected chi connectivity index (χ2v) is 4.95. The number of pyridine rings is 2. The van der Waals surface area contributed by atoms with Crippen LogP contribution in [0.3, 0.4) is 0 Å². The number of rotatable bonds is 2. The minimum Gasteiger partial charge on any atom is -0.338 e. The lowest BCUT2D eigenvalue weighted by molar-refractivity contribution is 1.19. The van der Waals surface area contributed by atoms with Gasteiger partial charge in [-0.3, -0.25) is 4.98 Å². The Kier molecular flexibility index (Phi) is 3.25. The zero-order valence-electron chi connectivity index (χ0n) is 11.9. The van der Waals surface area contributed by atoms with E-state index >= 15 is 0 Å². The molecular weight excluding hydrogens is 260 g/mol. The van der Waals surface area contributed by atoms with Crippen LogP contribution in [0.4, 0.5) is 11.5 Å². The van der Waals surface area contributed by atoms with Gasteiger partial charge in [-0.25, -0.2) is 4.98 Å². The molecule has 0 bridgehead atoms. The van der Waals surface area contributed by atoms with Crippen LogP contribution in [0.2, 0.25) is 0 Å².